The van der Waals surface area contributed by atoms with Gasteiger partial charge in [0.2, 0.25) is 0 Å². The van der Waals surface area contributed by atoms with E-state index >= 15 is 0 Å². The Morgan fingerprint density at radius 1 is 0.724 bits per heavy atom. The predicted octanol–water partition coefficient (Wildman–Crippen LogP) is 7.25. The second-order valence-corrected chi connectivity index (χ2v) is 9.73. The Bertz CT molecular complexity index is 385. The summed E-state index contributed by atoms with van der Waals surface area (Å²) in [7, 11) is 0. The minimum absolute atomic E-state index is 0.151. The predicted molar refractivity (Wildman–Crippen MR) is 125 cm³/mol. The van der Waals surface area contributed by atoms with Crippen molar-refractivity contribution in [2.24, 2.45) is 5.92 Å². The van der Waals surface area contributed by atoms with E-state index in [2.05, 4.69) is 13.8 Å². The minimum atomic E-state index is -0.789. The van der Waals surface area contributed by atoms with Crippen LogP contribution in [0.2, 0.25) is 0 Å². The topological polar surface area (TPSA) is 63.6 Å². The Kier molecular flexibility index (Phi) is 21.4. The standard InChI is InChI=1S/C24H46O4S/c1-22(2)16-14-12-10-8-6-4-3-5-7-9-11-13-15-19-28-24(27)18-21-29-20-17-23(25)26/h22H,3-21H2,1-2H3,(H,25,26). The average molecular weight is 431 g/mol. The zero-order valence-electron chi connectivity index (χ0n) is 19.1. The average Bonchev–Trinajstić information content (AvgIpc) is 2.66. The number of ether oxygens (including phenoxy) is 1. The van der Waals surface area contributed by atoms with Gasteiger partial charge in [0.05, 0.1) is 19.4 Å². The molecule has 172 valence electrons. The number of hydrogen-bond acceptors (Lipinski definition) is 4. The van der Waals surface area contributed by atoms with Crippen molar-refractivity contribution in [2.45, 2.75) is 117 Å². The molecule has 0 saturated carbocycles. The Labute approximate surface area is 183 Å². The van der Waals surface area contributed by atoms with Gasteiger partial charge in [-0.05, 0) is 12.3 Å². The molecule has 0 atom stereocenters. The van der Waals surface area contributed by atoms with Crippen molar-refractivity contribution in [2.75, 3.05) is 18.1 Å². The lowest BCUT2D eigenvalue weighted by Crippen LogP contribution is -2.07. The van der Waals surface area contributed by atoms with Crippen molar-refractivity contribution in [3.63, 3.8) is 0 Å². The van der Waals surface area contributed by atoms with Crippen LogP contribution in [0.5, 0.6) is 0 Å². The monoisotopic (exact) mass is 430 g/mol. The first-order valence-electron chi connectivity index (χ1n) is 12.0. The molecule has 0 aromatic rings. The van der Waals surface area contributed by atoms with Crippen molar-refractivity contribution in [1.29, 1.82) is 0 Å². The molecule has 4 nitrogen and oxygen atoms in total. The van der Waals surface area contributed by atoms with E-state index in [1.165, 1.54) is 88.8 Å². The summed E-state index contributed by atoms with van der Waals surface area (Å²) in [4.78, 5) is 21.9. The molecule has 0 radical (unpaired) electrons. The summed E-state index contributed by atoms with van der Waals surface area (Å²) in [5, 5.41) is 8.53. The molecule has 0 aliphatic heterocycles. The first-order chi connectivity index (χ1) is 14.0. The number of hydrogen-bond donors (Lipinski definition) is 1. The molecule has 0 spiro atoms. The van der Waals surface area contributed by atoms with Gasteiger partial charge in [0, 0.05) is 11.5 Å². The van der Waals surface area contributed by atoms with E-state index in [9.17, 15) is 9.59 Å². The lowest BCUT2D eigenvalue weighted by atomic mass is 10.0. The first kappa shape index (κ1) is 28.3. The van der Waals surface area contributed by atoms with Gasteiger partial charge in [0.1, 0.15) is 0 Å². The quantitative estimate of drug-likeness (QED) is 0.145. The zero-order chi connectivity index (χ0) is 21.6. The van der Waals surface area contributed by atoms with E-state index in [1.807, 2.05) is 0 Å². The van der Waals surface area contributed by atoms with E-state index in [1.54, 1.807) is 0 Å². The highest BCUT2D eigenvalue weighted by molar-refractivity contribution is 7.99. The molecule has 0 aromatic carbocycles. The summed E-state index contributed by atoms with van der Waals surface area (Å²) in [6, 6.07) is 0. The lowest BCUT2D eigenvalue weighted by Gasteiger charge is -2.06. The van der Waals surface area contributed by atoms with Crippen LogP contribution < -0.4 is 0 Å². The molecule has 1 N–H and O–H groups in total. The van der Waals surface area contributed by atoms with Gasteiger partial charge in [-0.1, -0.05) is 97.3 Å². The molecule has 0 aromatic heterocycles. The molecular weight excluding hydrogens is 384 g/mol. The fraction of sp³-hybridized carbons (Fsp3) is 0.917. The van der Waals surface area contributed by atoms with E-state index in [4.69, 9.17) is 9.84 Å². The van der Waals surface area contributed by atoms with Crippen LogP contribution in [0.1, 0.15) is 117 Å². The van der Waals surface area contributed by atoms with Crippen LogP contribution in [0.3, 0.4) is 0 Å². The number of unbranched alkanes of at least 4 members (excludes halogenated alkanes) is 12. The fourth-order valence-electron chi connectivity index (χ4n) is 3.27. The van der Waals surface area contributed by atoms with Gasteiger partial charge in [-0.25, -0.2) is 0 Å². The van der Waals surface area contributed by atoms with Crippen LogP contribution in [0, 0.1) is 5.92 Å². The molecule has 0 saturated heterocycles. The Balaban J connectivity index is 3.14. The molecular formula is C24H46O4S. The molecule has 0 heterocycles. The molecule has 5 heteroatoms. The molecule has 0 amide bonds. The number of thioether (sulfide) groups is 1. The van der Waals surface area contributed by atoms with Crippen LogP contribution in [-0.2, 0) is 14.3 Å². The highest BCUT2D eigenvalue weighted by Gasteiger charge is 2.03. The van der Waals surface area contributed by atoms with Crippen molar-refractivity contribution in [1.82, 2.24) is 0 Å². The molecule has 0 aliphatic carbocycles. The van der Waals surface area contributed by atoms with Crippen LogP contribution in [-0.4, -0.2) is 35.2 Å². The summed E-state index contributed by atoms with van der Waals surface area (Å²) in [6.07, 6.45) is 19.1. The van der Waals surface area contributed by atoms with E-state index in [-0.39, 0.29) is 12.4 Å². The maximum absolute atomic E-state index is 11.5. The third-order valence-corrected chi connectivity index (χ3v) is 6.09. The fourth-order valence-corrected chi connectivity index (χ4v) is 4.11. The van der Waals surface area contributed by atoms with E-state index < -0.39 is 5.97 Å². The Morgan fingerprint density at radius 2 is 1.17 bits per heavy atom. The number of esters is 1. The number of aliphatic carboxylic acids is 1. The molecule has 29 heavy (non-hydrogen) atoms. The minimum Gasteiger partial charge on any atom is -0.481 e. The summed E-state index contributed by atoms with van der Waals surface area (Å²) in [5.41, 5.74) is 0. The first-order valence-corrected chi connectivity index (χ1v) is 13.1. The highest BCUT2D eigenvalue weighted by atomic mass is 32.2. The number of carboxylic acid groups (broad SMARTS) is 1. The zero-order valence-corrected chi connectivity index (χ0v) is 19.9. The van der Waals surface area contributed by atoms with Crippen LogP contribution in [0.4, 0.5) is 0 Å². The van der Waals surface area contributed by atoms with Crippen LogP contribution in [0.15, 0.2) is 0 Å². The van der Waals surface area contributed by atoms with Gasteiger partial charge >= 0.3 is 11.9 Å². The lowest BCUT2D eigenvalue weighted by molar-refractivity contribution is -0.143. The van der Waals surface area contributed by atoms with Crippen molar-refractivity contribution in [3.05, 3.63) is 0 Å². The van der Waals surface area contributed by atoms with Gasteiger partial charge in [-0.3, -0.25) is 9.59 Å². The largest absolute Gasteiger partial charge is 0.481 e. The number of carbonyl (C=O) groups excluding carboxylic acids is 1. The molecule has 0 bridgehead atoms. The third-order valence-electron chi connectivity index (χ3n) is 5.10. The maximum atomic E-state index is 11.5. The number of carbonyl (C=O) groups is 2. The number of rotatable bonds is 22. The molecule has 0 unspecified atom stereocenters. The van der Waals surface area contributed by atoms with E-state index in [0.29, 0.717) is 24.5 Å². The SMILES string of the molecule is CC(C)CCCCCCCCCCCCCCCOC(=O)CCSCCC(=O)O. The van der Waals surface area contributed by atoms with Crippen LogP contribution >= 0.6 is 11.8 Å². The molecule has 0 rings (SSSR count). The Morgan fingerprint density at radius 3 is 1.66 bits per heavy atom. The number of carboxylic acids is 1. The summed E-state index contributed by atoms with van der Waals surface area (Å²) < 4.78 is 5.22. The Hall–Kier alpha value is -0.710. The second-order valence-electron chi connectivity index (χ2n) is 8.51. The van der Waals surface area contributed by atoms with Crippen molar-refractivity contribution in [3.8, 4) is 0 Å². The summed E-state index contributed by atoms with van der Waals surface area (Å²) in [6.45, 7) is 5.15. The van der Waals surface area contributed by atoms with Crippen LogP contribution in [0.25, 0.3) is 0 Å². The van der Waals surface area contributed by atoms with E-state index in [0.717, 1.165) is 18.8 Å². The second kappa shape index (κ2) is 22.0. The smallest absolute Gasteiger partial charge is 0.306 e. The normalized spacial score (nSPS) is 11.1. The van der Waals surface area contributed by atoms with Gasteiger partial charge in [0.25, 0.3) is 0 Å². The van der Waals surface area contributed by atoms with Gasteiger partial charge in [0.15, 0.2) is 0 Å². The molecule has 0 aliphatic rings. The summed E-state index contributed by atoms with van der Waals surface area (Å²) >= 11 is 1.49. The van der Waals surface area contributed by atoms with Gasteiger partial charge < -0.3 is 9.84 Å². The molecule has 0 fully saturated rings. The van der Waals surface area contributed by atoms with Crippen molar-refractivity contribution >= 4 is 23.7 Å². The third kappa shape index (κ3) is 25.3. The summed E-state index contributed by atoms with van der Waals surface area (Å²) in [5.74, 6) is 1.11. The van der Waals surface area contributed by atoms with Crippen molar-refractivity contribution < 1.29 is 19.4 Å². The maximum Gasteiger partial charge on any atom is 0.306 e. The highest BCUT2D eigenvalue weighted by Crippen LogP contribution is 2.14. The van der Waals surface area contributed by atoms with Gasteiger partial charge in [-0.15, -0.1) is 0 Å². The van der Waals surface area contributed by atoms with Gasteiger partial charge in [-0.2, -0.15) is 11.8 Å².